The summed E-state index contributed by atoms with van der Waals surface area (Å²) < 4.78 is 18.5. The van der Waals surface area contributed by atoms with Crippen molar-refractivity contribution in [3.63, 3.8) is 0 Å². The van der Waals surface area contributed by atoms with E-state index in [0.29, 0.717) is 14.7 Å². The van der Waals surface area contributed by atoms with Crippen molar-refractivity contribution in [3.8, 4) is 0 Å². The van der Waals surface area contributed by atoms with E-state index >= 15 is 0 Å². The van der Waals surface area contributed by atoms with Crippen LogP contribution >= 0.6 is 22.6 Å². The number of hydrogen-bond acceptors (Lipinski definition) is 1. The second-order valence-corrected chi connectivity index (χ2v) is 3.17. The molecule has 0 aliphatic carbocycles. The Bertz CT molecular complexity index is 394. The summed E-state index contributed by atoms with van der Waals surface area (Å²) in [5, 5.41) is 0.553. The van der Waals surface area contributed by atoms with Crippen molar-refractivity contribution < 1.29 is 8.81 Å². The van der Waals surface area contributed by atoms with E-state index in [4.69, 9.17) is 4.42 Å². The van der Waals surface area contributed by atoms with E-state index in [-0.39, 0.29) is 5.82 Å². The third kappa shape index (κ3) is 1.03. The van der Waals surface area contributed by atoms with Gasteiger partial charge in [-0.3, -0.25) is 0 Å². The fourth-order valence-electron chi connectivity index (χ4n) is 0.984. The molecule has 56 valence electrons. The number of fused-ring (bicyclic) bond motifs is 1. The molecule has 1 aromatic heterocycles. The molecule has 0 spiro atoms. The molecule has 0 aliphatic heterocycles. The van der Waals surface area contributed by atoms with Crippen molar-refractivity contribution >= 4 is 33.6 Å². The standard InChI is InChI=1S/C8H4FIO/c9-7-5-3-1-2-4-6(5)11-8(7)10/h1-4H. The van der Waals surface area contributed by atoms with Gasteiger partial charge in [-0.2, -0.15) is 0 Å². The van der Waals surface area contributed by atoms with Crippen LogP contribution in [0, 0.1) is 9.58 Å². The summed E-state index contributed by atoms with van der Waals surface area (Å²) >= 11 is 1.84. The van der Waals surface area contributed by atoms with Crippen molar-refractivity contribution in [3.05, 3.63) is 33.8 Å². The first kappa shape index (κ1) is 7.09. The summed E-state index contributed by atoms with van der Waals surface area (Å²) in [7, 11) is 0. The van der Waals surface area contributed by atoms with Gasteiger partial charge in [0.2, 0.25) is 3.77 Å². The van der Waals surface area contributed by atoms with Crippen LogP contribution in [0.4, 0.5) is 4.39 Å². The van der Waals surface area contributed by atoms with Crippen LogP contribution < -0.4 is 0 Å². The highest BCUT2D eigenvalue weighted by molar-refractivity contribution is 14.1. The SMILES string of the molecule is Fc1c(I)oc2ccccc12. The van der Waals surface area contributed by atoms with Crippen molar-refractivity contribution in [2.24, 2.45) is 0 Å². The third-order valence-electron chi connectivity index (χ3n) is 1.50. The second-order valence-electron chi connectivity index (χ2n) is 2.19. The van der Waals surface area contributed by atoms with Gasteiger partial charge in [-0.15, -0.1) is 0 Å². The predicted molar refractivity (Wildman–Crippen MR) is 48.9 cm³/mol. The van der Waals surface area contributed by atoms with E-state index in [0.717, 1.165) is 0 Å². The lowest BCUT2D eigenvalue weighted by Gasteiger charge is -1.82. The van der Waals surface area contributed by atoms with Crippen molar-refractivity contribution in [2.75, 3.05) is 0 Å². The molecule has 0 N–H and O–H groups in total. The van der Waals surface area contributed by atoms with Crippen LogP contribution in [0.25, 0.3) is 11.0 Å². The fourth-order valence-corrected chi connectivity index (χ4v) is 1.51. The van der Waals surface area contributed by atoms with Crippen LogP contribution in [0.2, 0.25) is 0 Å². The molecule has 3 heteroatoms. The summed E-state index contributed by atoms with van der Waals surface area (Å²) in [4.78, 5) is 0. The molecule has 2 rings (SSSR count). The van der Waals surface area contributed by atoms with Gasteiger partial charge < -0.3 is 4.42 Å². The molecule has 0 unspecified atom stereocenters. The zero-order valence-electron chi connectivity index (χ0n) is 5.47. The largest absolute Gasteiger partial charge is 0.447 e. The smallest absolute Gasteiger partial charge is 0.200 e. The van der Waals surface area contributed by atoms with E-state index < -0.39 is 0 Å². The number of para-hydroxylation sites is 1. The molecule has 0 atom stereocenters. The normalized spacial score (nSPS) is 10.7. The van der Waals surface area contributed by atoms with Crippen LogP contribution in [0.3, 0.4) is 0 Å². The van der Waals surface area contributed by atoms with Crippen LogP contribution in [-0.4, -0.2) is 0 Å². The van der Waals surface area contributed by atoms with Crippen LogP contribution in [0.15, 0.2) is 28.7 Å². The maximum absolute atomic E-state index is 13.1. The van der Waals surface area contributed by atoms with Gasteiger partial charge in [0.05, 0.1) is 5.39 Å². The molecular formula is C8H4FIO. The van der Waals surface area contributed by atoms with Gasteiger partial charge in [0.25, 0.3) is 0 Å². The summed E-state index contributed by atoms with van der Waals surface area (Å²) in [6.45, 7) is 0. The maximum Gasteiger partial charge on any atom is 0.200 e. The molecule has 0 amide bonds. The summed E-state index contributed by atoms with van der Waals surface area (Å²) in [6.07, 6.45) is 0. The minimum Gasteiger partial charge on any atom is -0.447 e. The first-order chi connectivity index (χ1) is 5.29. The average molecular weight is 262 g/mol. The first-order valence-corrected chi connectivity index (χ1v) is 4.19. The van der Waals surface area contributed by atoms with E-state index in [9.17, 15) is 4.39 Å². The minimum absolute atomic E-state index is 0.263. The molecule has 2 aromatic rings. The summed E-state index contributed by atoms with van der Waals surface area (Å²) in [5.41, 5.74) is 0.606. The van der Waals surface area contributed by atoms with Crippen molar-refractivity contribution in [2.45, 2.75) is 0 Å². The molecule has 0 bridgehead atoms. The Kier molecular flexibility index (Phi) is 1.60. The Morgan fingerprint density at radius 1 is 1.27 bits per heavy atom. The number of halogens is 2. The third-order valence-corrected chi connectivity index (χ3v) is 2.19. The van der Waals surface area contributed by atoms with E-state index in [1.165, 1.54) is 0 Å². The quantitative estimate of drug-likeness (QED) is 0.664. The zero-order chi connectivity index (χ0) is 7.84. The molecule has 1 nitrogen and oxygen atoms in total. The summed E-state index contributed by atoms with van der Waals surface area (Å²) in [5.74, 6) is -0.263. The van der Waals surface area contributed by atoms with Crippen LogP contribution in [0.5, 0.6) is 0 Å². The lowest BCUT2D eigenvalue weighted by atomic mass is 10.2. The lowest BCUT2D eigenvalue weighted by Crippen LogP contribution is -1.69. The van der Waals surface area contributed by atoms with Gasteiger partial charge in [-0.05, 0) is 12.1 Å². The average Bonchev–Trinajstić information content (AvgIpc) is 2.30. The Labute approximate surface area is 76.3 Å². The molecule has 0 aliphatic rings. The predicted octanol–water partition coefficient (Wildman–Crippen LogP) is 3.18. The van der Waals surface area contributed by atoms with Gasteiger partial charge in [0, 0.05) is 22.6 Å². The molecule has 0 saturated heterocycles. The monoisotopic (exact) mass is 262 g/mol. The van der Waals surface area contributed by atoms with Gasteiger partial charge in [-0.1, -0.05) is 12.1 Å². The highest BCUT2D eigenvalue weighted by Gasteiger charge is 2.09. The number of benzene rings is 1. The second kappa shape index (κ2) is 2.48. The molecule has 0 fully saturated rings. The molecular weight excluding hydrogens is 258 g/mol. The van der Waals surface area contributed by atoms with Gasteiger partial charge in [-0.25, -0.2) is 4.39 Å². The molecule has 0 radical (unpaired) electrons. The van der Waals surface area contributed by atoms with Crippen LogP contribution in [0.1, 0.15) is 0 Å². The molecule has 0 saturated carbocycles. The molecule has 11 heavy (non-hydrogen) atoms. The molecule has 1 aromatic carbocycles. The minimum atomic E-state index is -0.263. The fraction of sp³-hybridized carbons (Fsp3) is 0. The Morgan fingerprint density at radius 3 is 2.73 bits per heavy atom. The first-order valence-electron chi connectivity index (χ1n) is 3.11. The number of rotatable bonds is 0. The number of furan rings is 1. The maximum atomic E-state index is 13.1. The van der Waals surface area contributed by atoms with E-state index in [1.54, 1.807) is 18.2 Å². The van der Waals surface area contributed by atoms with Gasteiger partial charge in [0.15, 0.2) is 5.82 Å². The van der Waals surface area contributed by atoms with Crippen molar-refractivity contribution in [1.29, 1.82) is 0 Å². The molecule has 1 heterocycles. The highest BCUT2D eigenvalue weighted by atomic mass is 127. The highest BCUT2D eigenvalue weighted by Crippen LogP contribution is 2.24. The Hall–Kier alpha value is -0.580. The van der Waals surface area contributed by atoms with Crippen LogP contribution in [-0.2, 0) is 0 Å². The Balaban J connectivity index is 2.92. The number of hydrogen-bond donors (Lipinski definition) is 0. The topological polar surface area (TPSA) is 13.1 Å². The lowest BCUT2D eigenvalue weighted by molar-refractivity contribution is 0.527. The Morgan fingerprint density at radius 2 is 2.00 bits per heavy atom. The van der Waals surface area contributed by atoms with E-state index in [1.807, 2.05) is 28.7 Å². The zero-order valence-corrected chi connectivity index (χ0v) is 7.63. The van der Waals surface area contributed by atoms with Crippen molar-refractivity contribution in [1.82, 2.24) is 0 Å². The van der Waals surface area contributed by atoms with E-state index in [2.05, 4.69) is 0 Å². The summed E-state index contributed by atoms with van der Waals surface area (Å²) in [6, 6.07) is 7.06. The van der Waals surface area contributed by atoms with Gasteiger partial charge in [0.1, 0.15) is 5.58 Å². The van der Waals surface area contributed by atoms with Gasteiger partial charge >= 0.3 is 0 Å².